The number of nitrogens with one attached hydrogen (secondary N) is 1. The molecule has 9 heteroatoms. The average molecular weight is 414 g/mol. The molecule has 3 rings (SSSR count). The second-order valence-corrected chi connectivity index (χ2v) is 7.83. The van der Waals surface area contributed by atoms with Crippen molar-refractivity contribution in [2.45, 2.75) is 12.7 Å². The van der Waals surface area contributed by atoms with Crippen molar-refractivity contribution in [2.24, 2.45) is 0 Å². The van der Waals surface area contributed by atoms with Crippen LogP contribution in [0.2, 0.25) is 10.0 Å². The van der Waals surface area contributed by atoms with Crippen molar-refractivity contribution in [2.75, 3.05) is 11.1 Å². The molecule has 0 bridgehead atoms. The predicted octanol–water partition coefficient (Wildman–Crippen LogP) is 4.24. The number of aromatic nitrogens is 2. The summed E-state index contributed by atoms with van der Waals surface area (Å²) >= 11 is 14.8. The molecule has 130 valence electrons. The van der Waals surface area contributed by atoms with E-state index in [9.17, 15) is 9.59 Å². The minimum atomic E-state index is -0.195. The van der Waals surface area contributed by atoms with Crippen LogP contribution in [0.4, 0.5) is 5.69 Å². The Kier molecular flexibility index (Phi) is 5.68. The van der Waals surface area contributed by atoms with Gasteiger partial charge in [-0.3, -0.25) is 14.0 Å². The van der Waals surface area contributed by atoms with Gasteiger partial charge >= 0.3 is 0 Å². The lowest BCUT2D eigenvalue weighted by Crippen LogP contribution is -2.16. The maximum atomic E-state index is 12.1. The minimum Gasteiger partial charge on any atom is -0.324 e. The van der Waals surface area contributed by atoms with Gasteiger partial charge in [-0.25, -0.2) is 4.98 Å². The molecule has 25 heavy (non-hydrogen) atoms. The monoisotopic (exact) mass is 413 g/mol. The Labute approximate surface area is 162 Å². The summed E-state index contributed by atoms with van der Waals surface area (Å²) in [5.41, 5.74) is 1.90. The first kappa shape index (κ1) is 18.3. The largest absolute Gasteiger partial charge is 0.324 e. The van der Waals surface area contributed by atoms with Gasteiger partial charge < -0.3 is 5.32 Å². The van der Waals surface area contributed by atoms with E-state index in [0.29, 0.717) is 32.1 Å². The molecule has 0 saturated carbocycles. The maximum Gasteiger partial charge on any atom is 0.258 e. The number of carbonyl (C=O) groups is 1. The number of anilines is 1. The molecule has 0 aliphatic rings. The van der Waals surface area contributed by atoms with Crippen LogP contribution in [-0.2, 0) is 10.5 Å². The lowest BCUT2D eigenvalue weighted by Gasteiger charge is -2.08. The number of hydrogen-bond acceptors (Lipinski definition) is 5. The Hall–Kier alpha value is -1.54. The number of halogens is 2. The molecule has 5 nitrogen and oxygen atoms in total. The molecule has 0 spiro atoms. The first-order chi connectivity index (χ1) is 12.0. The molecule has 2 heterocycles. The van der Waals surface area contributed by atoms with Crippen molar-refractivity contribution >= 4 is 62.9 Å². The second-order valence-electron chi connectivity index (χ2n) is 5.22. The van der Waals surface area contributed by atoms with Gasteiger partial charge in [0.2, 0.25) is 5.91 Å². The van der Waals surface area contributed by atoms with Gasteiger partial charge in [0.25, 0.3) is 5.56 Å². The summed E-state index contributed by atoms with van der Waals surface area (Å²) in [5.74, 6) is 0.492. The van der Waals surface area contributed by atoms with Gasteiger partial charge in [-0.1, -0.05) is 29.3 Å². The molecule has 3 aromatic rings. The van der Waals surface area contributed by atoms with Gasteiger partial charge in [-0.05, 0) is 19.1 Å². The lowest BCUT2D eigenvalue weighted by molar-refractivity contribution is -0.113. The summed E-state index contributed by atoms with van der Waals surface area (Å²) in [7, 11) is 0. The quantitative estimate of drug-likeness (QED) is 0.678. The predicted molar refractivity (Wildman–Crippen MR) is 105 cm³/mol. The molecule has 0 fully saturated rings. The number of carbonyl (C=O) groups excluding carboxylic acids is 1. The van der Waals surface area contributed by atoms with E-state index >= 15 is 0 Å². The molecule has 1 amide bonds. The number of hydrogen-bond donors (Lipinski definition) is 1. The van der Waals surface area contributed by atoms with E-state index in [2.05, 4.69) is 10.3 Å². The summed E-state index contributed by atoms with van der Waals surface area (Å²) in [5, 5.41) is 5.31. The van der Waals surface area contributed by atoms with Crippen LogP contribution in [0.1, 0.15) is 11.4 Å². The van der Waals surface area contributed by atoms with E-state index in [0.717, 1.165) is 5.69 Å². The third-order valence-electron chi connectivity index (χ3n) is 3.34. The molecule has 2 aromatic heterocycles. The molecule has 0 unspecified atom stereocenters. The smallest absolute Gasteiger partial charge is 0.258 e. The summed E-state index contributed by atoms with van der Waals surface area (Å²) in [4.78, 5) is 29.3. The van der Waals surface area contributed by atoms with Crippen LogP contribution in [0.3, 0.4) is 0 Å². The third-order valence-corrected chi connectivity index (χ3v) is 6.07. The van der Waals surface area contributed by atoms with Crippen molar-refractivity contribution in [3.05, 3.63) is 61.4 Å². The normalized spacial score (nSPS) is 11.0. The van der Waals surface area contributed by atoms with Gasteiger partial charge in [0.1, 0.15) is 0 Å². The Morgan fingerprint density at radius 1 is 1.40 bits per heavy atom. The van der Waals surface area contributed by atoms with Crippen LogP contribution >= 0.6 is 46.3 Å². The molecule has 0 aliphatic carbocycles. The number of rotatable bonds is 5. The van der Waals surface area contributed by atoms with Crippen LogP contribution in [0.5, 0.6) is 0 Å². The molecular formula is C16H13Cl2N3O2S2. The topological polar surface area (TPSA) is 63.5 Å². The van der Waals surface area contributed by atoms with Crippen molar-refractivity contribution in [3.63, 3.8) is 0 Å². The highest BCUT2D eigenvalue weighted by Gasteiger charge is 2.10. The van der Waals surface area contributed by atoms with Crippen molar-refractivity contribution in [3.8, 4) is 0 Å². The number of thiazole rings is 1. The average Bonchev–Trinajstić information content (AvgIpc) is 2.93. The molecular weight excluding hydrogens is 401 g/mol. The Balaban J connectivity index is 1.60. The maximum absolute atomic E-state index is 12.1. The highest BCUT2D eigenvalue weighted by atomic mass is 35.5. The minimum absolute atomic E-state index is 0.102. The van der Waals surface area contributed by atoms with Crippen molar-refractivity contribution in [1.29, 1.82) is 0 Å². The zero-order chi connectivity index (χ0) is 18.0. The highest BCUT2D eigenvalue weighted by Crippen LogP contribution is 2.29. The van der Waals surface area contributed by atoms with Crippen LogP contribution < -0.4 is 10.9 Å². The fourth-order valence-corrected chi connectivity index (χ4v) is 4.16. The summed E-state index contributed by atoms with van der Waals surface area (Å²) in [6.07, 6.45) is 0. The first-order valence-electron chi connectivity index (χ1n) is 7.24. The number of nitrogens with zero attached hydrogens (tertiary/aromatic N) is 2. The summed E-state index contributed by atoms with van der Waals surface area (Å²) in [6.45, 7) is 1.87. The fourth-order valence-electron chi connectivity index (χ4n) is 2.21. The molecule has 0 aliphatic heterocycles. The Bertz CT molecular complexity index is 1000. The summed E-state index contributed by atoms with van der Waals surface area (Å²) < 4.78 is 1.58. The molecule has 0 atom stereocenters. The lowest BCUT2D eigenvalue weighted by atomic mass is 10.3. The molecule has 0 saturated heterocycles. The zero-order valence-electron chi connectivity index (χ0n) is 13.1. The van der Waals surface area contributed by atoms with Crippen molar-refractivity contribution in [1.82, 2.24) is 9.38 Å². The zero-order valence-corrected chi connectivity index (χ0v) is 16.2. The second kappa shape index (κ2) is 7.78. The molecule has 0 radical (unpaired) electrons. The van der Waals surface area contributed by atoms with E-state index in [1.54, 1.807) is 22.6 Å². The van der Waals surface area contributed by atoms with Crippen LogP contribution in [0, 0.1) is 6.92 Å². The van der Waals surface area contributed by atoms with Crippen LogP contribution in [0.25, 0.3) is 4.96 Å². The number of fused-ring (bicyclic) bond motifs is 1. The standard InChI is InChI=1S/C16H13Cl2N3O2S2/c1-9-6-25-16-19-10(5-14(23)21(9)16)7-24-8-13(22)20-12-4-2-3-11(17)15(12)18/h2-6H,7-8H2,1H3,(H,20,22). The van der Waals surface area contributed by atoms with E-state index < -0.39 is 0 Å². The van der Waals surface area contributed by atoms with Crippen molar-refractivity contribution < 1.29 is 4.79 Å². The Morgan fingerprint density at radius 3 is 3.00 bits per heavy atom. The molecule has 1 N–H and O–H groups in total. The molecule has 1 aromatic carbocycles. The van der Waals surface area contributed by atoms with E-state index in [-0.39, 0.29) is 17.2 Å². The van der Waals surface area contributed by atoms with E-state index in [1.807, 2.05) is 12.3 Å². The van der Waals surface area contributed by atoms with Gasteiger partial charge in [-0.2, -0.15) is 0 Å². The fraction of sp³-hybridized carbons (Fsp3) is 0.188. The third kappa shape index (κ3) is 4.17. The van der Waals surface area contributed by atoms with Crippen LogP contribution in [-0.4, -0.2) is 21.0 Å². The van der Waals surface area contributed by atoms with Gasteiger partial charge in [0, 0.05) is 22.9 Å². The number of aryl methyl sites for hydroxylation is 1. The number of thioether (sulfide) groups is 1. The van der Waals surface area contributed by atoms with E-state index in [4.69, 9.17) is 23.2 Å². The number of benzene rings is 1. The van der Waals surface area contributed by atoms with Gasteiger partial charge in [-0.15, -0.1) is 23.1 Å². The number of amides is 1. The van der Waals surface area contributed by atoms with Crippen LogP contribution in [0.15, 0.2) is 34.4 Å². The first-order valence-corrected chi connectivity index (χ1v) is 10.0. The Morgan fingerprint density at radius 2 is 2.20 bits per heavy atom. The SMILES string of the molecule is Cc1csc2nc(CSCC(=O)Nc3cccc(Cl)c3Cl)cc(=O)n12. The van der Waals surface area contributed by atoms with Gasteiger partial charge in [0.05, 0.1) is 27.2 Å². The summed E-state index contributed by atoms with van der Waals surface area (Å²) in [6, 6.07) is 6.56. The van der Waals surface area contributed by atoms with E-state index in [1.165, 1.54) is 29.2 Å². The van der Waals surface area contributed by atoms with Gasteiger partial charge in [0.15, 0.2) is 4.96 Å². The highest BCUT2D eigenvalue weighted by molar-refractivity contribution is 7.99.